The lowest BCUT2D eigenvalue weighted by Crippen LogP contribution is -2.09. The van der Waals surface area contributed by atoms with Crippen molar-refractivity contribution in [1.82, 2.24) is 0 Å². The molecule has 0 bridgehead atoms. The number of methoxy groups -OCH3 is 1. The third kappa shape index (κ3) is 4.07. The summed E-state index contributed by atoms with van der Waals surface area (Å²) in [7, 11) is 1.34. The van der Waals surface area contributed by atoms with Crippen LogP contribution in [0.1, 0.15) is 30.6 Å². The molecule has 4 heteroatoms. The van der Waals surface area contributed by atoms with Gasteiger partial charge in [0.1, 0.15) is 5.75 Å². The van der Waals surface area contributed by atoms with Crippen LogP contribution in [0.4, 0.5) is 0 Å². The van der Waals surface area contributed by atoms with Gasteiger partial charge in [-0.15, -0.1) is 0 Å². The Hall–Kier alpha value is -1.55. The Kier molecular flexibility index (Phi) is 4.97. The Balaban J connectivity index is 2.67. The van der Waals surface area contributed by atoms with Crippen LogP contribution in [0, 0.1) is 6.92 Å². The van der Waals surface area contributed by atoms with Crippen molar-refractivity contribution in [2.75, 3.05) is 13.7 Å². The van der Waals surface area contributed by atoms with E-state index in [9.17, 15) is 9.90 Å². The Morgan fingerprint density at radius 2 is 2.18 bits per heavy atom. The molecule has 0 aliphatic heterocycles. The smallest absolute Gasteiger partial charge is 0.308 e. The van der Waals surface area contributed by atoms with Gasteiger partial charge in [0.2, 0.25) is 0 Å². The van der Waals surface area contributed by atoms with E-state index in [1.165, 1.54) is 7.11 Å². The number of benzene rings is 1. The molecule has 0 spiro atoms. The molecule has 94 valence electrons. The number of ether oxygens (including phenoxy) is 2. The minimum Gasteiger partial charge on any atom is -0.493 e. The maximum atomic E-state index is 10.9. The summed E-state index contributed by atoms with van der Waals surface area (Å²) in [5.41, 5.74) is 1.79. The van der Waals surface area contributed by atoms with Crippen LogP contribution in [-0.4, -0.2) is 24.8 Å². The zero-order valence-electron chi connectivity index (χ0n) is 10.4. The topological polar surface area (TPSA) is 55.8 Å². The quantitative estimate of drug-likeness (QED) is 0.797. The first-order valence-electron chi connectivity index (χ1n) is 5.53. The molecule has 0 saturated carbocycles. The van der Waals surface area contributed by atoms with E-state index >= 15 is 0 Å². The SMILES string of the molecule is COC(=O)CCOc1ccc(C)cc1C(C)O. The number of aliphatic hydroxyl groups excluding tert-OH is 1. The third-order valence-corrected chi connectivity index (χ3v) is 2.41. The van der Waals surface area contributed by atoms with Gasteiger partial charge in [-0.3, -0.25) is 4.79 Å². The first-order chi connectivity index (χ1) is 8.04. The second kappa shape index (κ2) is 6.25. The van der Waals surface area contributed by atoms with Gasteiger partial charge >= 0.3 is 5.97 Å². The van der Waals surface area contributed by atoms with Gasteiger partial charge in [0.05, 0.1) is 26.2 Å². The maximum absolute atomic E-state index is 10.9. The number of carbonyl (C=O) groups excluding carboxylic acids is 1. The lowest BCUT2D eigenvalue weighted by molar-refractivity contribution is -0.141. The second-order valence-electron chi connectivity index (χ2n) is 3.89. The average molecular weight is 238 g/mol. The van der Waals surface area contributed by atoms with E-state index in [-0.39, 0.29) is 19.0 Å². The van der Waals surface area contributed by atoms with Gasteiger partial charge in [0, 0.05) is 5.56 Å². The molecule has 0 saturated heterocycles. The molecule has 1 atom stereocenters. The minimum absolute atomic E-state index is 0.198. The standard InChI is InChI=1S/C13H18O4/c1-9-4-5-12(11(8-9)10(2)14)17-7-6-13(15)16-3/h4-5,8,10,14H,6-7H2,1-3H3. The number of hydrogen-bond donors (Lipinski definition) is 1. The fourth-order valence-electron chi connectivity index (χ4n) is 1.47. The van der Waals surface area contributed by atoms with E-state index in [1.54, 1.807) is 13.0 Å². The molecule has 17 heavy (non-hydrogen) atoms. The summed E-state index contributed by atoms with van der Waals surface area (Å²) in [6, 6.07) is 5.58. The van der Waals surface area contributed by atoms with Crippen molar-refractivity contribution in [3.63, 3.8) is 0 Å². The summed E-state index contributed by atoms with van der Waals surface area (Å²) >= 11 is 0. The Bertz CT molecular complexity index is 385. The van der Waals surface area contributed by atoms with Crippen molar-refractivity contribution in [1.29, 1.82) is 0 Å². The van der Waals surface area contributed by atoms with Crippen LogP contribution in [0.25, 0.3) is 0 Å². The maximum Gasteiger partial charge on any atom is 0.308 e. The van der Waals surface area contributed by atoms with Crippen molar-refractivity contribution >= 4 is 5.97 Å². The molecule has 0 aliphatic carbocycles. The van der Waals surface area contributed by atoms with Gasteiger partial charge < -0.3 is 14.6 Å². The largest absolute Gasteiger partial charge is 0.493 e. The Morgan fingerprint density at radius 1 is 1.47 bits per heavy atom. The van der Waals surface area contributed by atoms with Crippen LogP contribution < -0.4 is 4.74 Å². The predicted molar refractivity (Wildman–Crippen MR) is 63.9 cm³/mol. The first-order valence-corrected chi connectivity index (χ1v) is 5.53. The van der Waals surface area contributed by atoms with Crippen molar-refractivity contribution in [3.05, 3.63) is 29.3 Å². The van der Waals surface area contributed by atoms with Crippen LogP contribution in [0.3, 0.4) is 0 Å². The van der Waals surface area contributed by atoms with E-state index in [1.807, 2.05) is 19.1 Å². The highest BCUT2D eigenvalue weighted by Crippen LogP contribution is 2.26. The van der Waals surface area contributed by atoms with Gasteiger partial charge in [-0.25, -0.2) is 0 Å². The van der Waals surface area contributed by atoms with Crippen LogP contribution in [-0.2, 0) is 9.53 Å². The molecule has 1 rings (SSSR count). The van der Waals surface area contributed by atoms with Gasteiger partial charge in [0.25, 0.3) is 0 Å². The summed E-state index contributed by atoms with van der Waals surface area (Å²) in [5.74, 6) is 0.296. The van der Waals surface area contributed by atoms with Crippen LogP contribution in [0.15, 0.2) is 18.2 Å². The summed E-state index contributed by atoms with van der Waals surface area (Å²) in [6.45, 7) is 3.88. The highest BCUT2D eigenvalue weighted by atomic mass is 16.5. The minimum atomic E-state index is -0.594. The fraction of sp³-hybridized carbons (Fsp3) is 0.462. The van der Waals surface area contributed by atoms with Crippen molar-refractivity contribution < 1.29 is 19.4 Å². The number of aryl methyl sites for hydroxylation is 1. The zero-order chi connectivity index (χ0) is 12.8. The van der Waals surface area contributed by atoms with Crippen LogP contribution in [0.2, 0.25) is 0 Å². The van der Waals surface area contributed by atoms with E-state index in [0.29, 0.717) is 5.75 Å². The van der Waals surface area contributed by atoms with Crippen molar-refractivity contribution in [2.24, 2.45) is 0 Å². The molecule has 1 aromatic carbocycles. The molecule has 0 radical (unpaired) electrons. The molecule has 0 heterocycles. The molecular formula is C13H18O4. The number of hydrogen-bond acceptors (Lipinski definition) is 4. The van der Waals surface area contributed by atoms with E-state index in [0.717, 1.165) is 11.1 Å². The van der Waals surface area contributed by atoms with E-state index in [2.05, 4.69) is 4.74 Å². The molecule has 1 unspecified atom stereocenters. The van der Waals surface area contributed by atoms with Crippen LogP contribution in [0.5, 0.6) is 5.75 Å². The third-order valence-electron chi connectivity index (χ3n) is 2.41. The highest BCUT2D eigenvalue weighted by molar-refractivity contribution is 5.69. The Morgan fingerprint density at radius 3 is 2.76 bits per heavy atom. The summed E-state index contributed by atoms with van der Waals surface area (Å²) in [4.78, 5) is 10.9. The highest BCUT2D eigenvalue weighted by Gasteiger charge is 2.10. The molecule has 4 nitrogen and oxygen atoms in total. The van der Waals surface area contributed by atoms with Crippen molar-refractivity contribution in [2.45, 2.75) is 26.4 Å². The van der Waals surface area contributed by atoms with E-state index in [4.69, 9.17) is 4.74 Å². The lowest BCUT2D eigenvalue weighted by Gasteiger charge is -2.13. The van der Waals surface area contributed by atoms with Crippen molar-refractivity contribution in [3.8, 4) is 5.75 Å². The molecule has 0 aliphatic rings. The summed E-state index contributed by atoms with van der Waals surface area (Å²) < 4.78 is 9.98. The monoisotopic (exact) mass is 238 g/mol. The average Bonchev–Trinajstić information content (AvgIpc) is 2.30. The number of rotatable bonds is 5. The Labute approximate surface area is 101 Å². The first kappa shape index (κ1) is 13.5. The van der Waals surface area contributed by atoms with Crippen LogP contribution >= 0.6 is 0 Å². The van der Waals surface area contributed by atoms with Gasteiger partial charge in [-0.05, 0) is 26.0 Å². The molecular weight excluding hydrogens is 220 g/mol. The molecule has 1 N–H and O–H groups in total. The number of aliphatic hydroxyl groups is 1. The van der Waals surface area contributed by atoms with Gasteiger partial charge in [0.15, 0.2) is 0 Å². The summed E-state index contributed by atoms with van der Waals surface area (Å²) in [6.07, 6.45) is -0.396. The zero-order valence-corrected chi connectivity index (χ0v) is 10.4. The molecule has 1 aromatic rings. The summed E-state index contributed by atoms with van der Waals surface area (Å²) in [5, 5.41) is 9.61. The number of carbonyl (C=O) groups is 1. The van der Waals surface area contributed by atoms with Gasteiger partial charge in [-0.1, -0.05) is 11.6 Å². The second-order valence-corrected chi connectivity index (χ2v) is 3.89. The fourth-order valence-corrected chi connectivity index (χ4v) is 1.47. The predicted octanol–water partition coefficient (Wildman–Crippen LogP) is 1.99. The molecule has 0 fully saturated rings. The number of esters is 1. The van der Waals surface area contributed by atoms with E-state index < -0.39 is 6.10 Å². The lowest BCUT2D eigenvalue weighted by atomic mass is 10.1. The molecule has 0 aromatic heterocycles. The normalized spacial score (nSPS) is 12.0. The van der Waals surface area contributed by atoms with Gasteiger partial charge in [-0.2, -0.15) is 0 Å². The molecule has 0 amide bonds.